The Kier molecular flexibility index (Phi) is 7.47. The Balaban J connectivity index is 1.77. The first-order valence-corrected chi connectivity index (χ1v) is 12.3. The number of aryl methyl sites for hydroxylation is 1. The minimum Gasteiger partial charge on any atom is -0.352 e. The van der Waals surface area contributed by atoms with Crippen molar-refractivity contribution in [1.29, 1.82) is 0 Å². The molecule has 3 rings (SSSR count). The van der Waals surface area contributed by atoms with E-state index in [-0.39, 0.29) is 10.8 Å². The molecular weight excluding hydrogens is 459 g/mol. The Labute approximate surface area is 193 Å². The molecule has 1 aliphatic rings. The van der Waals surface area contributed by atoms with Crippen molar-refractivity contribution >= 4 is 45.0 Å². The van der Waals surface area contributed by atoms with E-state index in [0.29, 0.717) is 66.3 Å². The fourth-order valence-electron chi connectivity index (χ4n) is 3.66. The Morgan fingerprint density at radius 3 is 2.32 bits per heavy atom. The standard InChI is InChI=1S/C21H26Cl2N4O3S/c1-4-27(5-2)31(29,30)19-12-16(7-6-15(19)3)21(28)26-10-8-25(9-11-26)20-18(23)13-17(22)14-24-20/h6-7,12-14H,4-5,8-11H2,1-3H3. The zero-order valence-corrected chi connectivity index (χ0v) is 20.1. The van der Waals surface area contributed by atoms with Crippen molar-refractivity contribution in [2.24, 2.45) is 0 Å². The van der Waals surface area contributed by atoms with Gasteiger partial charge < -0.3 is 9.80 Å². The van der Waals surface area contributed by atoms with E-state index in [1.165, 1.54) is 10.4 Å². The van der Waals surface area contributed by atoms with Gasteiger partial charge in [0, 0.05) is 51.0 Å². The van der Waals surface area contributed by atoms with E-state index < -0.39 is 10.0 Å². The molecule has 1 aliphatic heterocycles. The summed E-state index contributed by atoms with van der Waals surface area (Å²) >= 11 is 12.2. The Bertz CT molecular complexity index is 1070. The van der Waals surface area contributed by atoms with Crippen molar-refractivity contribution in [3.8, 4) is 0 Å². The third kappa shape index (κ3) is 4.98. The molecule has 1 amide bonds. The maximum Gasteiger partial charge on any atom is 0.254 e. The molecule has 168 valence electrons. The van der Waals surface area contributed by atoms with E-state index in [1.807, 2.05) is 4.90 Å². The van der Waals surface area contributed by atoms with Crippen LogP contribution in [-0.2, 0) is 10.0 Å². The number of aromatic nitrogens is 1. The van der Waals surface area contributed by atoms with Gasteiger partial charge >= 0.3 is 0 Å². The summed E-state index contributed by atoms with van der Waals surface area (Å²) in [4.78, 5) is 21.3. The molecule has 1 saturated heterocycles. The number of anilines is 1. The Morgan fingerprint density at radius 1 is 1.10 bits per heavy atom. The SMILES string of the molecule is CCN(CC)S(=O)(=O)c1cc(C(=O)N2CCN(c3ncc(Cl)cc3Cl)CC2)ccc1C. The molecule has 31 heavy (non-hydrogen) atoms. The molecule has 10 heteroatoms. The van der Waals surface area contributed by atoms with Crippen LogP contribution in [-0.4, -0.2) is 67.8 Å². The predicted octanol–water partition coefficient (Wildman–Crippen LogP) is 3.69. The zero-order chi connectivity index (χ0) is 22.8. The van der Waals surface area contributed by atoms with Crippen LogP contribution in [0.15, 0.2) is 35.4 Å². The number of amides is 1. The summed E-state index contributed by atoms with van der Waals surface area (Å²) in [6, 6.07) is 6.52. The molecule has 0 aliphatic carbocycles. The topological polar surface area (TPSA) is 73.8 Å². The lowest BCUT2D eigenvalue weighted by Crippen LogP contribution is -2.49. The number of hydrogen-bond acceptors (Lipinski definition) is 5. The number of sulfonamides is 1. The van der Waals surface area contributed by atoms with Crippen LogP contribution in [0.2, 0.25) is 10.0 Å². The van der Waals surface area contributed by atoms with Crippen molar-refractivity contribution < 1.29 is 13.2 Å². The lowest BCUT2D eigenvalue weighted by Gasteiger charge is -2.35. The van der Waals surface area contributed by atoms with E-state index in [4.69, 9.17) is 23.2 Å². The molecule has 0 saturated carbocycles. The first-order chi connectivity index (χ1) is 14.7. The van der Waals surface area contributed by atoms with Crippen LogP contribution >= 0.6 is 23.2 Å². The molecule has 1 fully saturated rings. The maximum absolute atomic E-state index is 13.1. The van der Waals surface area contributed by atoms with Crippen molar-refractivity contribution in [3.63, 3.8) is 0 Å². The summed E-state index contributed by atoms with van der Waals surface area (Å²) in [7, 11) is -3.65. The molecule has 2 heterocycles. The van der Waals surface area contributed by atoms with E-state index in [0.717, 1.165) is 0 Å². The fraction of sp³-hybridized carbons (Fsp3) is 0.429. The van der Waals surface area contributed by atoms with Gasteiger partial charge in [-0.3, -0.25) is 4.79 Å². The van der Waals surface area contributed by atoms with Gasteiger partial charge in [0.1, 0.15) is 5.82 Å². The van der Waals surface area contributed by atoms with Gasteiger partial charge in [-0.2, -0.15) is 4.31 Å². The normalized spacial score (nSPS) is 14.9. The first-order valence-electron chi connectivity index (χ1n) is 10.1. The number of carbonyl (C=O) groups excluding carboxylic acids is 1. The molecular formula is C21H26Cl2N4O3S. The second-order valence-electron chi connectivity index (χ2n) is 7.31. The summed E-state index contributed by atoms with van der Waals surface area (Å²) in [5, 5.41) is 0.939. The van der Waals surface area contributed by atoms with Crippen LogP contribution in [0.1, 0.15) is 29.8 Å². The van der Waals surface area contributed by atoms with Gasteiger partial charge in [0.05, 0.1) is 14.9 Å². The van der Waals surface area contributed by atoms with Crippen molar-refractivity contribution in [3.05, 3.63) is 51.6 Å². The Morgan fingerprint density at radius 2 is 1.74 bits per heavy atom. The molecule has 0 N–H and O–H groups in total. The highest BCUT2D eigenvalue weighted by Gasteiger charge is 2.28. The van der Waals surface area contributed by atoms with Gasteiger partial charge in [0.2, 0.25) is 10.0 Å². The molecule has 0 radical (unpaired) electrons. The predicted molar refractivity (Wildman–Crippen MR) is 124 cm³/mol. The van der Waals surface area contributed by atoms with E-state index in [1.54, 1.807) is 50.1 Å². The number of carbonyl (C=O) groups is 1. The monoisotopic (exact) mass is 484 g/mol. The van der Waals surface area contributed by atoms with Gasteiger partial charge in [-0.15, -0.1) is 0 Å². The van der Waals surface area contributed by atoms with Crippen LogP contribution in [0, 0.1) is 6.92 Å². The third-order valence-corrected chi connectivity index (χ3v) is 8.09. The molecule has 0 atom stereocenters. The molecule has 2 aromatic rings. The smallest absolute Gasteiger partial charge is 0.254 e. The fourth-order valence-corrected chi connectivity index (χ4v) is 5.87. The maximum atomic E-state index is 13.1. The van der Waals surface area contributed by atoms with Gasteiger partial charge in [-0.05, 0) is 30.7 Å². The molecule has 0 spiro atoms. The molecule has 1 aromatic heterocycles. The number of benzene rings is 1. The van der Waals surface area contributed by atoms with E-state index >= 15 is 0 Å². The number of halogens is 2. The summed E-state index contributed by atoms with van der Waals surface area (Å²) in [5.74, 6) is 0.451. The van der Waals surface area contributed by atoms with Crippen molar-refractivity contribution in [1.82, 2.24) is 14.2 Å². The lowest BCUT2D eigenvalue weighted by molar-refractivity contribution is 0.0746. The van der Waals surface area contributed by atoms with Crippen LogP contribution < -0.4 is 4.90 Å². The number of rotatable bonds is 6. The molecule has 0 unspecified atom stereocenters. The van der Waals surface area contributed by atoms with Gasteiger partial charge in [-0.25, -0.2) is 13.4 Å². The summed E-state index contributed by atoms with van der Waals surface area (Å²) in [5.41, 5.74) is 0.990. The largest absolute Gasteiger partial charge is 0.352 e. The van der Waals surface area contributed by atoms with Gasteiger partial charge in [-0.1, -0.05) is 43.1 Å². The Hall–Kier alpha value is -1.87. The van der Waals surface area contributed by atoms with E-state index in [9.17, 15) is 13.2 Å². The molecule has 0 bridgehead atoms. The lowest BCUT2D eigenvalue weighted by atomic mass is 10.1. The zero-order valence-electron chi connectivity index (χ0n) is 17.8. The number of hydrogen-bond donors (Lipinski definition) is 0. The van der Waals surface area contributed by atoms with Crippen LogP contribution in [0.5, 0.6) is 0 Å². The average Bonchev–Trinajstić information content (AvgIpc) is 2.74. The van der Waals surface area contributed by atoms with Crippen LogP contribution in [0.4, 0.5) is 5.82 Å². The summed E-state index contributed by atoms with van der Waals surface area (Å²) < 4.78 is 27.4. The van der Waals surface area contributed by atoms with Crippen LogP contribution in [0.25, 0.3) is 0 Å². The minimum absolute atomic E-state index is 0.179. The quantitative estimate of drug-likeness (QED) is 0.624. The number of nitrogens with zero attached hydrogens (tertiary/aromatic N) is 4. The van der Waals surface area contributed by atoms with Crippen LogP contribution in [0.3, 0.4) is 0 Å². The van der Waals surface area contributed by atoms with Gasteiger partial charge in [0.25, 0.3) is 5.91 Å². The second kappa shape index (κ2) is 9.73. The van der Waals surface area contributed by atoms with Crippen molar-refractivity contribution in [2.75, 3.05) is 44.2 Å². The number of piperazine rings is 1. The second-order valence-corrected chi connectivity index (χ2v) is 10.1. The summed E-state index contributed by atoms with van der Waals surface area (Å²) in [6.07, 6.45) is 1.55. The first kappa shape index (κ1) is 23.8. The third-order valence-electron chi connectivity index (χ3n) is 5.41. The minimum atomic E-state index is -3.65. The highest BCUT2D eigenvalue weighted by molar-refractivity contribution is 7.89. The molecule has 7 nitrogen and oxygen atoms in total. The van der Waals surface area contributed by atoms with Gasteiger partial charge in [0.15, 0.2) is 0 Å². The molecule has 1 aromatic carbocycles. The van der Waals surface area contributed by atoms with Crippen molar-refractivity contribution in [2.45, 2.75) is 25.7 Å². The average molecular weight is 485 g/mol. The number of pyridine rings is 1. The van der Waals surface area contributed by atoms with E-state index in [2.05, 4.69) is 4.98 Å². The summed E-state index contributed by atoms with van der Waals surface area (Å²) in [6.45, 7) is 8.18. The highest BCUT2D eigenvalue weighted by atomic mass is 35.5. The highest BCUT2D eigenvalue weighted by Crippen LogP contribution is 2.27.